The zero-order valence-electron chi connectivity index (χ0n) is 15.7. The van der Waals surface area contributed by atoms with Crippen molar-refractivity contribution in [2.75, 3.05) is 20.3 Å². The van der Waals surface area contributed by atoms with E-state index in [9.17, 15) is 13.2 Å². The van der Waals surface area contributed by atoms with Crippen molar-refractivity contribution in [3.8, 4) is 5.75 Å². The topological polar surface area (TPSA) is 138 Å². The molecular formula is C18H21N5O5S. The summed E-state index contributed by atoms with van der Waals surface area (Å²) < 4.78 is 39.5. The molecule has 0 radical (unpaired) electrons. The smallest absolute Gasteiger partial charge is 0.271 e. The zero-order chi connectivity index (χ0) is 20.9. The van der Waals surface area contributed by atoms with Crippen LogP contribution in [0.15, 0.2) is 52.8 Å². The third-order valence-electron chi connectivity index (χ3n) is 4.12. The number of nitrogens with two attached hydrogens (primary N) is 1. The van der Waals surface area contributed by atoms with E-state index in [4.69, 9.17) is 15.2 Å². The Morgan fingerprint density at radius 2 is 2.28 bits per heavy atom. The van der Waals surface area contributed by atoms with E-state index in [-0.39, 0.29) is 16.4 Å². The number of methoxy groups -OCH3 is 1. The summed E-state index contributed by atoms with van der Waals surface area (Å²) in [6, 6.07) is 6.44. The lowest BCUT2D eigenvalue weighted by atomic mass is 10.1. The summed E-state index contributed by atoms with van der Waals surface area (Å²) in [6.45, 7) is 1.19. The fourth-order valence-corrected chi connectivity index (χ4v) is 3.71. The first-order valence-electron chi connectivity index (χ1n) is 8.75. The molecule has 0 bridgehead atoms. The molecule has 29 heavy (non-hydrogen) atoms. The molecule has 0 fully saturated rings. The molecular weight excluding hydrogens is 398 g/mol. The van der Waals surface area contributed by atoms with Crippen molar-refractivity contribution >= 4 is 21.8 Å². The van der Waals surface area contributed by atoms with E-state index in [2.05, 4.69) is 10.1 Å². The molecule has 1 aromatic heterocycles. The Balaban J connectivity index is 1.79. The maximum Gasteiger partial charge on any atom is 0.271 e. The van der Waals surface area contributed by atoms with Gasteiger partial charge in [0, 0.05) is 42.7 Å². The fraction of sp³-hybridized carbons (Fsp3) is 0.278. The van der Waals surface area contributed by atoms with Crippen LogP contribution in [-0.4, -0.2) is 50.3 Å². The quantitative estimate of drug-likeness (QED) is 0.671. The van der Waals surface area contributed by atoms with Crippen LogP contribution in [0.2, 0.25) is 0 Å². The predicted molar refractivity (Wildman–Crippen MR) is 106 cm³/mol. The van der Waals surface area contributed by atoms with Gasteiger partial charge in [-0.3, -0.25) is 14.5 Å². The number of benzene rings is 1. The number of amides is 1. The van der Waals surface area contributed by atoms with Gasteiger partial charge in [-0.25, -0.2) is 13.1 Å². The second kappa shape index (κ2) is 8.78. The average molecular weight is 419 g/mol. The van der Waals surface area contributed by atoms with E-state index in [1.165, 1.54) is 19.2 Å². The number of hydrogen-bond donors (Lipinski definition) is 2. The van der Waals surface area contributed by atoms with Crippen molar-refractivity contribution in [3.05, 3.63) is 58.9 Å². The van der Waals surface area contributed by atoms with Gasteiger partial charge in [-0.05, 0) is 18.2 Å². The molecule has 0 atom stereocenters. The number of carbonyl (C=O) groups is 1. The van der Waals surface area contributed by atoms with Crippen LogP contribution in [0.25, 0.3) is 0 Å². The maximum atomic E-state index is 12.6. The minimum Gasteiger partial charge on any atom is -0.496 e. The van der Waals surface area contributed by atoms with Gasteiger partial charge in [0.1, 0.15) is 5.75 Å². The molecule has 11 heteroatoms. The van der Waals surface area contributed by atoms with Gasteiger partial charge < -0.3 is 15.2 Å². The molecule has 1 aromatic carbocycles. The van der Waals surface area contributed by atoms with Crippen molar-refractivity contribution in [3.63, 3.8) is 0 Å². The Kier molecular flexibility index (Phi) is 6.17. The second-order valence-corrected chi connectivity index (χ2v) is 7.74. The lowest BCUT2D eigenvalue weighted by molar-refractivity contribution is 0.0981. The molecule has 0 spiro atoms. The van der Waals surface area contributed by atoms with Gasteiger partial charge in [-0.2, -0.15) is 5.10 Å². The highest BCUT2D eigenvalue weighted by molar-refractivity contribution is 7.94. The van der Waals surface area contributed by atoms with Gasteiger partial charge in [-0.1, -0.05) is 6.07 Å². The van der Waals surface area contributed by atoms with E-state index in [1.54, 1.807) is 29.2 Å². The first-order chi connectivity index (χ1) is 13.9. The highest BCUT2D eigenvalue weighted by Crippen LogP contribution is 2.22. The minimum atomic E-state index is -4.26. The number of nitrogens with one attached hydrogen (secondary N) is 1. The Bertz CT molecular complexity index is 1040. The van der Waals surface area contributed by atoms with Crippen LogP contribution < -0.4 is 15.2 Å². The van der Waals surface area contributed by atoms with E-state index >= 15 is 0 Å². The maximum absolute atomic E-state index is 12.6. The molecule has 3 N–H and O–H groups in total. The summed E-state index contributed by atoms with van der Waals surface area (Å²) in [6.07, 6.45) is 4.98. The number of sulfonamides is 1. The van der Waals surface area contributed by atoms with Gasteiger partial charge in [-0.15, -0.1) is 0 Å². The number of aliphatic imine (C=N–C) groups is 1. The second-order valence-electron chi connectivity index (χ2n) is 6.08. The molecule has 0 aliphatic carbocycles. The Hall–Kier alpha value is -3.34. The number of ether oxygens (including phenoxy) is 2. The lowest BCUT2D eigenvalue weighted by Crippen LogP contribution is -2.35. The zero-order valence-corrected chi connectivity index (χ0v) is 16.6. The van der Waals surface area contributed by atoms with Crippen LogP contribution in [0.1, 0.15) is 22.3 Å². The van der Waals surface area contributed by atoms with Crippen molar-refractivity contribution in [1.29, 1.82) is 0 Å². The van der Waals surface area contributed by atoms with Crippen LogP contribution in [-0.2, 0) is 21.3 Å². The Morgan fingerprint density at radius 1 is 1.45 bits per heavy atom. The molecule has 2 aromatic rings. The third kappa shape index (κ3) is 4.74. The van der Waals surface area contributed by atoms with Crippen LogP contribution in [0.3, 0.4) is 0 Å². The van der Waals surface area contributed by atoms with Crippen LogP contribution in [0.4, 0.5) is 0 Å². The highest BCUT2D eigenvalue weighted by Gasteiger charge is 2.28. The SMILES string of the molecule is COc1cc(C(=O)NS(=O)(=O)/C(=C/N)C2=NCCCO2)ccc1Cn1cccn1. The molecule has 2 heterocycles. The van der Waals surface area contributed by atoms with Gasteiger partial charge >= 0.3 is 0 Å². The monoisotopic (exact) mass is 419 g/mol. The van der Waals surface area contributed by atoms with E-state index in [0.29, 0.717) is 31.9 Å². The van der Waals surface area contributed by atoms with Crippen molar-refractivity contribution in [2.24, 2.45) is 10.7 Å². The molecule has 1 aliphatic rings. The minimum absolute atomic E-state index is 0.105. The number of nitrogens with zero attached hydrogens (tertiary/aromatic N) is 3. The summed E-state index contributed by atoms with van der Waals surface area (Å²) in [5.74, 6) is -0.504. The van der Waals surface area contributed by atoms with Crippen LogP contribution in [0.5, 0.6) is 5.75 Å². The standard InChI is InChI=1S/C18H21N5O5S/c1-27-15-10-13(4-5-14(15)12-23-8-2-7-21-23)17(24)22-29(25,26)16(11-19)18-20-6-3-9-28-18/h2,4-5,7-8,10-11H,3,6,9,12,19H2,1H3,(H,22,24)/b16-11+. The van der Waals surface area contributed by atoms with Crippen molar-refractivity contribution < 1.29 is 22.7 Å². The number of carbonyl (C=O) groups excluding carboxylic acids is 1. The van der Waals surface area contributed by atoms with E-state index in [0.717, 1.165) is 11.8 Å². The molecule has 10 nitrogen and oxygen atoms in total. The fourth-order valence-electron chi connectivity index (χ4n) is 2.71. The normalized spacial score (nSPS) is 14.7. The van der Waals surface area contributed by atoms with Crippen molar-refractivity contribution in [1.82, 2.24) is 14.5 Å². The van der Waals surface area contributed by atoms with E-state index < -0.39 is 15.9 Å². The van der Waals surface area contributed by atoms with Gasteiger partial charge in [0.15, 0.2) is 4.91 Å². The summed E-state index contributed by atoms with van der Waals surface area (Å²) >= 11 is 0. The van der Waals surface area contributed by atoms with E-state index in [1.807, 2.05) is 4.72 Å². The van der Waals surface area contributed by atoms with Crippen LogP contribution >= 0.6 is 0 Å². The summed E-state index contributed by atoms with van der Waals surface area (Å²) in [7, 11) is -2.80. The first-order valence-corrected chi connectivity index (χ1v) is 10.2. The molecule has 0 saturated carbocycles. The number of rotatable bonds is 7. The number of hydrogen-bond acceptors (Lipinski definition) is 8. The van der Waals surface area contributed by atoms with Gasteiger partial charge in [0.05, 0.1) is 20.3 Å². The molecule has 154 valence electrons. The predicted octanol–water partition coefficient (Wildman–Crippen LogP) is 0.619. The Morgan fingerprint density at radius 3 is 2.90 bits per heavy atom. The van der Waals surface area contributed by atoms with Gasteiger partial charge in [0.2, 0.25) is 5.90 Å². The van der Waals surface area contributed by atoms with Crippen molar-refractivity contribution in [2.45, 2.75) is 13.0 Å². The molecule has 1 aliphatic heterocycles. The third-order valence-corrected chi connectivity index (χ3v) is 5.46. The molecule has 0 unspecified atom stereocenters. The highest BCUT2D eigenvalue weighted by atomic mass is 32.2. The Labute approximate surface area is 168 Å². The number of aromatic nitrogens is 2. The average Bonchev–Trinajstić information content (AvgIpc) is 3.22. The molecule has 0 saturated heterocycles. The van der Waals surface area contributed by atoms with Crippen LogP contribution in [0, 0.1) is 0 Å². The molecule has 1 amide bonds. The largest absolute Gasteiger partial charge is 0.496 e. The molecule has 3 rings (SSSR count). The summed E-state index contributed by atoms with van der Waals surface area (Å²) in [5.41, 5.74) is 6.34. The van der Waals surface area contributed by atoms with Gasteiger partial charge in [0.25, 0.3) is 15.9 Å². The first kappa shape index (κ1) is 20.4. The summed E-state index contributed by atoms with van der Waals surface area (Å²) in [5, 5.41) is 4.13. The summed E-state index contributed by atoms with van der Waals surface area (Å²) in [4.78, 5) is 16.2. The lowest BCUT2D eigenvalue weighted by Gasteiger charge is -2.16.